The predicted octanol–water partition coefficient (Wildman–Crippen LogP) is 5.64. The third-order valence-corrected chi connectivity index (χ3v) is 6.57. The van der Waals surface area contributed by atoms with Gasteiger partial charge in [0.25, 0.3) is 0 Å². The van der Waals surface area contributed by atoms with Gasteiger partial charge in [-0.2, -0.15) is 0 Å². The third-order valence-electron chi connectivity index (χ3n) is 4.12. The maximum atomic E-state index is 6.08. The van der Waals surface area contributed by atoms with E-state index in [0.717, 1.165) is 24.7 Å². The highest BCUT2D eigenvalue weighted by atomic mass is 31.1. The second-order valence-corrected chi connectivity index (χ2v) is 8.48. The molecule has 1 nitrogen and oxygen atoms in total. The van der Waals surface area contributed by atoms with E-state index in [1.54, 1.807) is 6.08 Å². The Bertz CT molecular complexity index is 662. The highest BCUT2D eigenvalue weighted by molar-refractivity contribution is 7.70. The second-order valence-electron chi connectivity index (χ2n) is 6.23. The molecule has 0 amide bonds. The molecule has 0 aromatic heterocycles. The standard InChI is InChI=1S/C22H28NP/c1-4-22(23)21(18(2)3)16-11-17-24(19-12-7-5-8-13-19)20-14-9-6-10-15-20/h4-5,7-9,11-16,18H,1,6,10,17,23H2,2-3H3/b16-11-,22-21+. The van der Waals surface area contributed by atoms with Crippen LogP contribution in [-0.4, -0.2) is 6.16 Å². The molecule has 0 spiro atoms. The number of hydrogen-bond donors (Lipinski definition) is 1. The summed E-state index contributed by atoms with van der Waals surface area (Å²) < 4.78 is 0. The van der Waals surface area contributed by atoms with Crippen molar-refractivity contribution in [2.45, 2.75) is 26.7 Å². The van der Waals surface area contributed by atoms with E-state index >= 15 is 0 Å². The summed E-state index contributed by atoms with van der Waals surface area (Å²) in [4.78, 5) is 0. The zero-order valence-corrected chi connectivity index (χ0v) is 15.7. The molecule has 2 N–H and O–H groups in total. The van der Waals surface area contributed by atoms with Crippen molar-refractivity contribution < 1.29 is 0 Å². The molecule has 0 fully saturated rings. The highest BCUT2D eigenvalue weighted by Crippen LogP contribution is 2.46. The van der Waals surface area contributed by atoms with Gasteiger partial charge >= 0.3 is 0 Å². The van der Waals surface area contributed by atoms with Crippen molar-refractivity contribution in [1.82, 2.24) is 0 Å². The molecule has 24 heavy (non-hydrogen) atoms. The molecule has 0 saturated carbocycles. The average molecular weight is 337 g/mol. The van der Waals surface area contributed by atoms with Crippen LogP contribution < -0.4 is 11.0 Å². The second kappa shape index (κ2) is 9.45. The maximum absolute atomic E-state index is 6.08. The molecule has 126 valence electrons. The van der Waals surface area contributed by atoms with Crippen LogP contribution in [0.1, 0.15) is 26.7 Å². The van der Waals surface area contributed by atoms with Gasteiger partial charge in [-0.3, -0.25) is 0 Å². The Hall–Kier alpha value is -1.85. The topological polar surface area (TPSA) is 26.0 Å². The minimum atomic E-state index is -0.349. The van der Waals surface area contributed by atoms with Crippen LogP contribution >= 0.6 is 7.92 Å². The third kappa shape index (κ3) is 5.08. The lowest BCUT2D eigenvalue weighted by molar-refractivity contribution is 0.781. The van der Waals surface area contributed by atoms with Crippen molar-refractivity contribution in [3.8, 4) is 0 Å². The lowest BCUT2D eigenvalue weighted by atomic mass is 10.0. The van der Waals surface area contributed by atoms with Gasteiger partial charge in [0.2, 0.25) is 0 Å². The van der Waals surface area contributed by atoms with Crippen LogP contribution in [-0.2, 0) is 0 Å². The summed E-state index contributed by atoms with van der Waals surface area (Å²) in [6.45, 7) is 8.14. The molecule has 1 atom stereocenters. The van der Waals surface area contributed by atoms with Gasteiger partial charge in [-0.15, -0.1) is 0 Å². The van der Waals surface area contributed by atoms with Crippen molar-refractivity contribution in [3.05, 3.63) is 90.0 Å². The fraction of sp³-hybridized carbons (Fsp3) is 0.273. The molecular formula is C22H28NP. The van der Waals surface area contributed by atoms with Crippen molar-refractivity contribution >= 4 is 13.2 Å². The van der Waals surface area contributed by atoms with E-state index < -0.39 is 0 Å². The van der Waals surface area contributed by atoms with Crippen LogP contribution in [0.5, 0.6) is 0 Å². The smallest absolute Gasteiger partial charge is 0.0343 e. The summed E-state index contributed by atoms with van der Waals surface area (Å²) >= 11 is 0. The first-order chi connectivity index (χ1) is 11.6. The Labute approximate surface area is 148 Å². The van der Waals surface area contributed by atoms with Crippen LogP contribution in [0.3, 0.4) is 0 Å². The molecule has 1 aromatic rings. The summed E-state index contributed by atoms with van der Waals surface area (Å²) in [5.74, 6) is 0.399. The Balaban J connectivity index is 2.23. The van der Waals surface area contributed by atoms with Crippen LogP contribution in [0.15, 0.2) is 90.0 Å². The van der Waals surface area contributed by atoms with Crippen LogP contribution in [0.2, 0.25) is 0 Å². The zero-order valence-electron chi connectivity index (χ0n) is 14.8. The lowest BCUT2D eigenvalue weighted by Crippen LogP contribution is -2.05. The largest absolute Gasteiger partial charge is 0.399 e. The molecule has 0 saturated heterocycles. The molecule has 1 aliphatic carbocycles. The van der Waals surface area contributed by atoms with Gasteiger partial charge in [-0.25, -0.2) is 0 Å². The van der Waals surface area contributed by atoms with E-state index in [0.29, 0.717) is 5.92 Å². The summed E-state index contributed by atoms with van der Waals surface area (Å²) in [6.07, 6.45) is 16.6. The zero-order chi connectivity index (χ0) is 17.4. The summed E-state index contributed by atoms with van der Waals surface area (Å²) in [5.41, 5.74) is 8.03. The van der Waals surface area contributed by atoms with Gasteiger partial charge in [-0.05, 0) is 55.1 Å². The summed E-state index contributed by atoms with van der Waals surface area (Å²) in [7, 11) is -0.349. The number of allylic oxidation sites excluding steroid dienone is 8. The quantitative estimate of drug-likeness (QED) is 0.506. The van der Waals surface area contributed by atoms with E-state index in [1.165, 1.54) is 16.2 Å². The minimum absolute atomic E-state index is 0.349. The van der Waals surface area contributed by atoms with E-state index in [9.17, 15) is 0 Å². The first kappa shape index (κ1) is 18.5. The van der Waals surface area contributed by atoms with Crippen LogP contribution in [0, 0.1) is 5.92 Å². The number of benzene rings is 1. The van der Waals surface area contributed by atoms with Crippen molar-refractivity contribution in [2.24, 2.45) is 11.7 Å². The molecule has 2 rings (SSSR count). The molecule has 0 heterocycles. The van der Waals surface area contributed by atoms with E-state index in [1.807, 2.05) is 0 Å². The molecule has 0 aliphatic heterocycles. The normalized spacial score (nSPS) is 16.9. The van der Waals surface area contributed by atoms with Crippen molar-refractivity contribution in [3.63, 3.8) is 0 Å². The van der Waals surface area contributed by atoms with Crippen LogP contribution in [0.4, 0.5) is 0 Å². The Morgan fingerprint density at radius 1 is 1.25 bits per heavy atom. The molecule has 1 aromatic carbocycles. The van der Waals surface area contributed by atoms with Gasteiger partial charge in [0, 0.05) is 5.70 Å². The maximum Gasteiger partial charge on any atom is 0.0343 e. The molecule has 2 heteroatoms. The molecule has 0 radical (unpaired) electrons. The first-order valence-corrected chi connectivity index (χ1v) is 10.1. The average Bonchev–Trinajstić information content (AvgIpc) is 2.62. The number of rotatable bonds is 7. The van der Waals surface area contributed by atoms with Gasteiger partial charge in [0.15, 0.2) is 0 Å². The van der Waals surface area contributed by atoms with E-state index in [-0.39, 0.29) is 7.92 Å². The Morgan fingerprint density at radius 2 is 2.00 bits per heavy atom. The monoisotopic (exact) mass is 337 g/mol. The van der Waals surface area contributed by atoms with Crippen molar-refractivity contribution in [2.75, 3.05) is 6.16 Å². The lowest BCUT2D eigenvalue weighted by Gasteiger charge is -2.20. The predicted molar refractivity (Wildman–Crippen MR) is 110 cm³/mol. The van der Waals surface area contributed by atoms with Gasteiger partial charge < -0.3 is 5.73 Å². The minimum Gasteiger partial charge on any atom is -0.399 e. The first-order valence-electron chi connectivity index (χ1n) is 8.61. The Morgan fingerprint density at radius 3 is 2.58 bits per heavy atom. The fourth-order valence-electron chi connectivity index (χ4n) is 2.79. The number of nitrogens with two attached hydrogens (primary N) is 1. The molecule has 1 unspecified atom stereocenters. The van der Waals surface area contributed by atoms with Crippen molar-refractivity contribution in [1.29, 1.82) is 0 Å². The highest BCUT2D eigenvalue weighted by Gasteiger charge is 2.14. The number of hydrogen-bond acceptors (Lipinski definition) is 1. The molecule has 1 aliphatic rings. The summed E-state index contributed by atoms with van der Waals surface area (Å²) in [6, 6.07) is 10.9. The van der Waals surface area contributed by atoms with Gasteiger partial charge in [0.05, 0.1) is 0 Å². The molecular weight excluding hydrogens is 309 g/mol. The van der Waals surface area contributed by atoms with Crippen LogP contribution in [0.25, 0.3) is 0 Å². The van der Waals surface area contributed by atoms with Gasteiger partial charge in [0.1, 0.15) is 0 Å². The van der Waals surface area contributed by atoms with E-state index in [2.05, 4.69) is 81.1 Å². The van der Waals surface area contributed by atoms with Gasteiger partial charge in [-0.1, -0.05) is 81.1 Å². The summed E-state index contributed by atoms with van der Waals surface area (Å²) in [5, 5.41) is 2.92. The van der Waals surface area contributed by atoms with E-state index in [4.69, 9.17) is 5.73 Å². The molecule has 0 bridgehead atoms. The fourth-order valence-corrected chi connectivity index (χ4v) is 5.00. The Kier molecular flexibility index (Phi) is 7.28. The SMILES string of the molecule is C=C/C(N)=C(/C=C\CP(C1=CCCC=C1)c1ccccc1)C(C)C.